The van der Waals surface area contributed by atoms with Crippen LogP contribution in [0.5, 0.6) is 0 Å². The van der Waals surface area contributed by atoms with Crippen LogP contribution in [-0.2, 0) is 18.9 Å². The smallest absolute Gasteiger partial charge is 0.186 e. The topological polar surface area (TPSA) is 239 Å². The molecular formula is C42H72O14. The van der Waals surface area contributed by atoms with Gasteiger partial charge >= 0.3 is 0 Å². The Balaban J connectivity index is 1.14. The SMILES string of the molecule is C[C@@H]([C@H](O)C[C@H](O)C(C)(C)O)[C@@H]1CC[C@@]2(C)[C@@H]3CC[C@H]4C(C)(C)[C@H](O[C@H]5O[C@@H](CO[C@H]6O[C@@H](CO)[C@H](O)[C@@H](O)[C@@H]6O)[C@H](O)[C@@H](O)[C@@H]5O)CC[C@@]4(C)C3=CC[C@@]12C. The van der Waals surface area contributed by atoms with E-state index in [0.29, 0.717) is 12.3 Å². The van der Waals surface area contributed by atoms with Crippen LogP contribution in [0.25, 0.3) is 0 Å². The summed E-state index contributed by atoms with van der Waals surface area (Å²) in [6, 6.07) is 0. The molecule has 10 N–H and O–H groups in total. The summed E-state index contributed by atoms with van der Waals surface area (Å²) in [5, 5.41) is 105. The number of hydrogen-bond donors (Lipinski definition) is 10. The number of aliphatic hydroxyl groups excluding tert-OH is 9. The van der Waals surface area contributed by atoms with Crippen molar-refractivity contribution in [2.45, 2.75) is 192 Å². The summed E-state index contributed by atoms with van der Waals surface area (Å²) in [6.45, 7) is 15.9. The van der Waals surface area contributed by atoms with E-state index in [0.717, 1.165) is 38.5 Å². The first kappa shape index (κ1) is 44.7. The van der Waals surface area contributed by atoms with Crippen molar-refractivity contribution < 1.29 is 70.0 Å². The van der Waals surface area contributed by atoms with Gasteiger partial charge in [-0.2, -0.15) is 0 Å². The fraction of sp³-hybridized carbons (Fsp3) is 0.952. The third-order valence-corrected chi connectivity index (χ3v) is 16.6. The number of aliphatic hydroxyl groups is 10. The van der Waals surface area contributed by atoms with Crippen molar-refractivity contribution in [2.24, 2.45) is 45.3 Å². The average Bonchev–Trinajstić information content (AvgIpc) is 3.41. The fourth-order valence-corrected chi connectivity index (χ4v) is 12.6. The maximum Gasteiger partial charge on any atom is 0.186 e. The summed E-state index contributed by atoms with van der Waals surface area (Å²) >= 11 is 0. The van der Waals surface area contributed by atoms with E-state index in [9.17, 15) is 51.1 Å². The molecule has 0 aromatic carbocycles. The van der Waals surface area contributed by atoms with Crippen LogP contribution in [-0.4, -0.2) is 150 Å². The monoisotopic (exact) mass is 800 g/mol. The third kappa shape index (κ3) is 7.37. The lowest BCUT2D eigenvalue weighted by Crippen LogP contribution is -2.63. The molecule has 5 fully saturated rings. The molecule has 6 aliphatic rings. The van der Waals surface area contributed by atoms with E-state index in [2.05, 4.69) is 47.6 Å². The number of fused-ring (bicyclic) bond motifs is 5. The van der Waals surface area contributed by atoms with Crippen molar-refractivity contribution in [3.05, 3.63) is 11.6 Å². The molecule has 0 aromatic heterocycles. The molecule has 20 atom stereocenters. The molecule has 0 unspecified atom stereocenters. The predicted octanol–water partition coefficient (Wildman–Crippen LogP) is 1.12. The zero-order chi connectivity index (χ0) is 41.5. The molecule has 0 amide bonds. The predicted molar refractivity (Wildman–Crippen MR) is 202 cm³/mol. The van der Waals surface area contributed by atoms with Crippen LogP contribution >= 0.6 is 0 Å². The largest absolute Gasteiger partial charge is 0.394 e. The third-order valence-electron chi connectivity index (χ3n) is 16.6. The van der Waals surface area contributed by atoms with Crippen molar-refractivity contribution in [3.8, 4) is 0 Å². The molecule has 14 nitrogen and oxygen atoms in total. The van der Waals surface area contributed by atoms with Crippen molar-refractivity contribution in [2.75, 3.05) is 13.2 Å². The minimum atomic E-state index is -1.66. The van der Waals surface area contributed by atoms with E-state index < -0.39 is 92.4 Å². The Hall–Kier alpha value is -0.820. The molecule has 0 bridgehead atoms. The highest BCUT2D eigenvalue weighted by Gasteiger charge is 2.66. The van der Waals surface area contributed by atoms with Crippen LogP contribution in [0.3, 0.4) is 0 Å². The first-order valence-electron chi connectivity index (χ1n) is 21.0. The van der Waals surface area contributed by atoms with E-state index in [-0.39, 0.29) is 51.9 Å². The van der Waals surface area contributed by atoms with Crippen LogP contribution in [0, 0.1) is 45.3 Å². The van der Waals surface area contributed by atoms with E-state index in [1.54, 1.807) is 13.8 Å². The minimum absolute atomic E-state index is 0.0276. The quantitative estimate of drug-likeness (QED) is 0.104. The summed E-state index contributed by atoms with van der Waals surface area (Å²) in [4.78, 5) is 0. The number of ether oxygens (including phenoxy) is 4. The molecule has 324 valence electrons. The Morgan fingerprint density at radius 2 is 1.39 bits per heavy atom. The van der Waals surface area contributed by atoms with Crippen molar-refractivity contribution in [1.82, 2.24) is 0 Å². The second-order valence-corrected chi connectivity index (χ2v) is 20.3. The van der Waals surface area contributed by atoms with Gasteiger partial charge < -0.3 is 70.0 Å². The van der Waals surface area contributed by atoms with Crippen molar-refractivity contribution in [1.29, 1.82) is 0 Å². The van der Waals surface area contributed by atoms with E-state index in [4.69, 9.17) is 18.9 Å². The van der Waals surface area contributed by atoms with Gasteiger partial charge in [-0.25, -0.2) is 0 Å². The molecular weight excluding hydrogens is 728 g/mol. The van der Waals surface area contributed by atoms with Crippen molar-refractivity contribution in [3.63, 3.8) is 0 Å². The maximum atomic E-state index is 11.3. The van der Waals surface area contributed by atoms with Crippen LogP contribution in [0.2, 0.25) is 0 Å². The van der Waals surface area contributed by atoms with E-state index in [1.165, 1.54) is 5.57 Å². The Kier molecular flexibility index (Phi) is 12.7. The number of rotatable bonds is 11. The molecule has 6 rings (SSSR count). The normalized spacial score (nSPS) is 49.6. The zero-order valence-electron chi connectivity index (χ0n) is 34.6. The van der Waals surface area contributed by atoms with Gasteiger partial charge in [-0.1, -0.05) is 53.2 Å². The zero-order valence-corrected chi connectivity index (χ0v) is 34.6. The van der Waals surface area contributed by atoms with Gasteiger partial charge in [0.1, 0.15) is 48.8 Å². The van der Waals surface area contributed by atoms with Crippen LogP contribution < -0.4 is 0 Å². The van der Waals surface area contributed by atoms with E-state index >= 15 is 0 Å². The maximum absolute atomic E-state index is 11.3. The van der Waals surface area contributed by atoms with Crippen LogP contribution in [0.15, 0.2) is 11.6 Å². The summed E-state index contributed by atoms with van der Waals surface area (Å²) in [7, 11) is 0. The van der Waals surface area contributed by atoms with Crippen LogP contribution in [0.1, 0.15) is 107 Å². The van der Waals surface area contributed by atoms with E-state index in [1.807, 2.05) is 0 Å². The minimum Gasteiger partial charge on any atom is -0.394 e. The number of allylic oxidation sites excluding steroid dienone is 2. The first-order valence-corrected chi connectivity index (χ1v) is 21.0. The summed E-state index contributed by atoms with van der Waals surface area (Å²) in [5.41, 5.74) is -0.244. The lowest BCUT2D eigenvalue weighted by molar-refractivity contribution is -0.343. The highest BCUT2D eigenvalue weighted by atomic mass is 16.7. The fourth-order valence-electron chi connectivity index (χ4n) is 12.6. The summed E-state index contributed by atoms with van der Waals surface area (Å²) in [5.74, 6) is 0.856. The summed E-state index contributed by atoms with van der Waals surface area (Å²) < 4.78 is 23.7. The molecule has 2 saturated heterocycles. The van der Waals surface area contributed by atoms with Gasteiger partial charge in [-0.15, -0.1) is 0 Å². The van der Waals surface area contributed by atoms with Gasteiger partial charge in [0.25, 0.3) is 0 Å². The Bertz CT molecular complexity index is 1400. The van der Waals surface area contributed by atoms with Crippen molar-refractivity contribution >= 4 is 0 Å². The Morgan fingerprint density at radius 3 is 2.02 bits per heavy atom. The molecule has 4 aliphatic carbocycles. The molecule has 2 aliphatic heterocycles. The Labute approximate surface area is 331 Å². The van der Waals surface area contributed by atoms with Gasteiger partial charge in [-0.05, 0) is 104 Å². The van der Waals surface area contributed by atoms with Gasteiger partial charge in [0.05, 0.1) is 37.1 Å². The summed E-state index contributed by atoms with van der Waals surface area (Å²) in [6.07, 6.45) is -7.75. The molecule has 2 heterocycles. The molecule has 3 saturated carbocycles. The van der Waals surface area contributed by atoms with Gasteiger partial charge in [-0.3, -0.25) is 0 Å². The molecule has 14 heteroatoms. The van der Waals surface area contributed by atoms with Gasteiger partial charge in [0.2, 0.25) is 0 Å². The van der Waals surface area contributed by atoms with Gasteiger partial charge in [0, 0.05) is 6.42 Å². The molecule has 0 aromatic rings. The lowest BCUT2D eigenvalue weighted by Gasteiger charge is -2.64. The number of hydrogen-bond acceptors (Lipinski definition) is 14. The second kappa shape index (κ2) is 15.9. The first-order chi connectivity index (χ1) is 25.9. The van der Waals surface area contributed by atoms with Gasteiger partial charge in [0.15, 0.2) is 12.6 Å². The highest BCUT2D eigenvalue weighted by molar-refractivity contribution is 5.33. The molecule has 0 radical (unpaired) electrons. The second-order valence-electron chi connectivity index (χ2n) is 20.3. The molecule has 56 heavy (non-hydrogen) atoms. The average molecular weight is 801 g/mol. The standard InChI is InChI=1S/C42H72O14/c1-20(24(44)17-28(45)39(4,5)52)21-11-15-42(8)23-9-10-27-38(2,3)29(13-14-40(27,6)22(23)12-16-41(21,42)7)56-37-35(51)33(49)31(47)26(55-37)19-53-36-34(50)32(48)30(46)25(18-43)54-36/h12,20-21,23-37,43-52H,9-11,13-19H2,1-8H3/t20-,21+,23-,24-,25+,26+,27+,28+,29-,30+,31+,32-,33-,34+,35+,36+,37-,40+,41+,42+/m1/s1. The highest BCUT2D eigenvalue weighted by Crippen LogP contribution is 2.73. The lowest BCUT2D eigenvalue weighted by atomic mass is 9.41. The Morgan fingerprint density at radius 1 is 0.786 bits per heavy atom. The van der Waals surface area contributed by atoms with Crippen LogP contribution in [0.4, 0.5) is 0 Å². The molecule has 0 spiro atoms.